The van der Waals surface area contributed by atoms with Crippen molar-refractivity contribution >= 4 is 40.4 Å². The third kappa shape index (κ3) is 3.87. The Hall–Kier alpha value is -1.10. The van der Waals surface area contributed by atoms with Crippen LogP contribution < -0.4 is 0 Å². The lowest BCUT2D eigenvalue weighted by molar-refractivity contribution is -0.134. The molecule has 0 saturated carbocycles. The highest BCUT2D eigenvalue weighted by atomic mass is 35.5. The number of carbonyl (C=O) groups is 1. The van der Waals surface area contributed by atoms with E-state index in [1.807, 2.05) is 23.3 Å². The van der Waals surface area contributed by atoms with Gasteiger partial charge in [0, 0.05) is 27.7 Å². The molecule has 1 atom stereocenters. The molecular formula is C17H18Cl2N2OS. The van der Waals surface area contributed by atoms with Crippen molar-refractivity contribution in [2.24, 2.45) is 0 Å². The number of aromatic nitrogens is 1. The molecule has 1 amide bonds. The van der Waals surface area contributed by atoms with Crippen LogP contribution in [0.2, 0.25) is 10.0 Å². The van der Waals surface area contributed by atoms with Crippen molar-refractivity contribution in [3.63, 3.8) is 0 Å². The topological polar surface area (TPSA) is 33.2 Å². The highest BCUT2D eigenvalue weighted by molar-refractivity contribution is 7.09. The zero-order valence-corrected chi connectivity index (χ0v) is 15.2. The molecule has 6 heteroatoms. The van der Waals surface area contributed by atoms with Crippen LogP contribution in [0.3, 0.4) is 0 Å². The number of thiazole rings is 1. The zero-order valence-electron chi connectivity index (χ0n) is 12.9. The number of nitrogens with zero attached hydrogens (tertiary/aromatic N) is 2. The van der Waals surface area contributed by atoms with Crippen molar-refractivity contribution in [1.82, 2.24) is 9.88 Å². The number of piperidine rings is 1. The highest BCUT2D eigenvalue weighted by Gasteiger charge is 2.30. The number of aryl methyl sites for hydroxylation is 1. The van der Waals surface area contributed by atoms with Crippen LogP contribution in [0.1, 0.15) is 41.6 Å². The predicted molar refractivity (Wildman–Crippen MR) is 95.3 cm³/mol. The fourth-order valence-corrected chi connectivity index (χ4v) is 4.36. The number of hydrogen-bond acceptors (Lipinski definition) is 3. The van der Waals surface area contributed by atoms with Gasteiger partial charge in [0.05, 0.1) is 12.5 Å². The quantitative estimate of drug-likeness (QED) is 0.758. The van der Waals surface area contributed by atoms with Gasteiger partial charge in [-0.05, 0) is 43.9 Å². The van der Waals surface area contributed by atoms with Crippen LogP contribution in [0, 0.1) is 6.92 Å². The molecule has 2 heterocycles. The maximum atomic E-state index is 12.8. The molecule has 0 spiro atoms. The zero-order chi connectivity index (χ0) is 16.4. The number of amides is 1. The minimum Gasteiger partial charge on any atom is -0.333 e. The monoisotopic (exact) mass is 368 g/mol. The number of likely N-dealkylation sites (tertiary alicyclic amines) is 1. The third-order valence-corrected chi connectivity index (χ3v) is 5.75. The molecule has 1 aromatic carbocycles. The van der Waals surface area contributed by atoms with Crippen LogP contribution in [0.5, 0.6) is 0 Å². The molecule has 1 saturated heterocycles. The lowest BCUT2D eigenvalue weighted by Gasteiger charge is -2.34. The SMILES string of the molecule is Cc1csc([C@@H]2CCCCN2C(=O)Cc2ccc(Cl)cc2Cl)n1. The molecule has 1 fully saturated rings. The second-order valence-electron chi connectivity index (χ2n) is 5.84. The summed E-state index contributed by atoms with van der Waals surface area (Å²) in [4.78, 5) is 19.4. The fraction of sp³-hybridized carbons (Fsp3) is 0.412. The maximum absolute atomic E-state index is 12.8. The van der Waals surface area contributed by atoms with E-state index in [9.17, 15) is 4.79 Å². The van der Waals surface area contributed by atoms with Crippen molar-refractivity contribution in [1.29, 1.82) is 0 Å². The summed E-state index contributed by atoms with van der Waals surface area (Å²) >= 11 is 13.8. The standard InChI is InChI=1S/C17H18Cl2N2OS/c1-11-10-23-17(20-11)15-4-2-3-7-21(15)16(22)8-12-5-6-13(18)9-14(12)19/h5-6,9-10,15H,2-4,7-8H2,1H3/t15-/m0/s1. The molecule has 0 aliphatic carbocycles. The molecule has 122 valence electrons. The smallest absolute Gasteiger partial charge is 0.227 e. The first-order chi connectivity index (χ1) is 11.0. The summed E-state index contributed by atoms with van der Waals surface area (Å²) in [7, 11) is 0. The van der Waals surface area contributed by atoms with E-state index >= 15 is 0 Å². The van der Waals surface area contributed by atoms with E-state index in [4.69, 9.17) is 23.2 Å². The van der Waals surface area contributed by atoms with Gasteiger partial charge in [0.2, 0.25) is 5.91 Å². The molecule has 0 N–H and O–H groups in total. The molecule has 0 radical (unpaired) electrons. The third-order valence-electron chi connectivity index (χ3n) is 4.10. The van der Waals surface area contributed by atoms with Crippen molar-refractivity contribution < 1.29 is 4.79 Å². The molecule has 3 nitrogen and oxygen atoms in total. The van der Waals surface area contributed by atoms with Gasteiger partial charge in [-0.25, -0.2) is 4.98 Å². The number of carbonyl (C=O) groups excluding carboxylic acids is 1. The van der Waals surface area contributed by atoms with Gasteiger partial charge in [-0.1, -0.05) is 29.3 Å². The minimum absolute atomic E-state index is 0.0982. The van der Waals surface area contributed by atoms with E-state index in [2.05, 4.69) is 4.98 Å². The molecule has 23 heavy (non-hydrogen) atoms. The molecule has 1 aliphatic heterocycles. The minimum atomic E-state index is 0.0982. The van der Waals surface area contributed by atoms with Gasteiger partial charge < -0.3 is 4.90 Å². The van der Waals surface area contributed by atoms with E-state index in [-0.39, 0.29) is 11.9 Å². The number of rotatable bonds is 3. The van der Waals surface area contributed by atoms with Crippen molar-refractivity contribution in [2.75, 3.05) is 6.54 Å². The van der Waals surface area contributed by atoms with E-state index in [0.717, 1.165) is 42.1 Å². The van der Waals surface area contributed by atoms with Crippen molar-refractivity contribution in [3.05, 3.63) is 49.9 Å². The Morgan fingerprint density at radius 3 is 2.91 bits per heavy atom. The lowest BCUT2D eigenvalue weighted by Crippen LogP contribution is -2.39. The molecule has 2 aromatic rings. The summed E-state index contributed by atoms with van der Waals surface area (Å²) in [6.07, 6.45) is 3.46. The fourth-order valence-electron chi connectivity index (χ4n) is 2.94. The molecule has 3 rings (SSSR count). The maximum Gasteiger partial charge on any atom is 0.227 e. The Morgan fingerprint density at radius 2 is 2.22 bits per heavy atom. The Labute approximate surface area is 150 Å². The van der Waals surface area contributed by atoms with E-state index in [0.29, 0.717) is 16.5 Å². The Morgan fingerprint density at radius 1 is 1.39 bits per heavy atom. The van der Waals surface area contributed by atoms with Gasteiger partial charge in [-0.3, -0.25) is 4.79 Å². The summed E-state index contributed by atoms with van der Waals surface area (Å²) in [6.45, 7) is 2.77. The number of hydrogen-bond donors (Lipinski definition) is 0. The Balaban J connectivity index is 1.78. The van der Waals surface area contributed by atoms with Gasteiger partial charge in [-0.15, -0.1) is 11.3 Å². The molecule has 1 aromatic heterocycles. The van der Waals surface area contributed by atoms with Crippen molar-refractivity contribution in [2.45, 2.75) is 38.6 Å². The molecule has 0 unspecified atom stereocenters. The van der Waals surface area contributed by atoms with E-state index in [1.165, 1.54) is 0 Å². The van der Waals surface area contributed by atoms with Gasteiger partial charge >= 0.3 is 0 Å². The first kappa shape index (κ1) is 16.7. The largest absolute Gasteiger partial charge is 0.333 e. The molecule has 1 aliphatic rings. The summed E-state index contributed by atoms with van der Waals surface area (Å²) in [5.74, 6) is 0.103. The van der Waals surface area contributed by atoms with Crippen LogP contribution >= 0.6 is 34.5 Å². The van der Waals surface area contributed by atoms with Crippen molar-refractivity contribution in [3.8, 4) is 0 Å². The average Bonchev–Trinajstić information content (AvgIpc) is 2.96. The van der Waals surface area contributed by atoms with E-state index in [1.54, 1.807) is 23.5 Å². The molecular weight excluding hydrogens is 351 g/mol. The summed E-state index contributed by atoms with van der Waals surface area (Å²) in [5, 5.41) is 4.21. The van der Waals surface area contributed by atoms with Gasteiger partial charge in [0.1, 0.15) is 5.01 Å². The number of benzene rings is 1. The average molecular weight is 369 g/mol. The first-order valence-corrected chi connectivity index (χ1v) is 9.33. The lowest BCUT2D eigenvalue weighted by atomic mass is 10.0. The normalized spacial score (nSPS) is 18.2. The van der Waals surface area contributed by atoms with E-state index < -0.39 is 0 Å². The summed E-state index contributed by atoms with van der Waals surface area (Å²) < 4.78 is 0. The van der Waals surface area contributed by atoms with Gasteiger partial charge in [-0.2, -0.15) is 0 Å². The van der Waals surface area contributed by atoms with Gasteiger partial charge in [0.15, 0.2) is 0 Å². The number of halogens is 2. The van der Waals surface area contributed by atoms with Crippen LogP contribution in [0.15, 0.2) is 23.6 Å². The van der Waals surface area contributed by atoms with Crippen LogP contribution in [-0.4, -0.2) is 22.3 Å². The van der Waals surface area contributed by atoms with Crippen LogP contribution in [0.25, 0.3) is 0 Å². The van der Waals surface area contributed by atoms with Gasteiger partial charge in [0.25, 0.3) is 0 Å². The first-order valence-electron chi connectivity index (χ1n) is 7.70. The Kier molecular flexibility index (Phi) is 5.24. The summed E-state index contributed by atoms with van der Waals surface area (Å²) in [5.41, 5.74) is 1.84. The second kappa shape index (κ2) is 7.20. The molecule has 0 bridgehead atoms. The highest BCUT2D eigenvalue weighted by Crippen LogP contribution is 2.33. The van der Waals surface area contributed by atoms with Crippen LogP contribution in [0.4, 0.5) is 0 Å². The Bertz CT molecular complexity index is 716. The predicted octanol–water partition coefficient (Wildman–Crippen LogP) is 5.05. The summed E-state index contributed by atoms with van der Waals surface area (Å²) in [6, 6.07) is 5.38. The second-order valence-corrected chi connectivity index (χ2v) is 7.57. The van der Waals surface area contributed by atoms with Crippen LogP contribution in [-0.2, 0) is 11.2 Å².